The number of nitrogens with one attached hydrogen (secondary N) is 1. The largest absolute Gasteiger partial charge is 0.348 e. The van der Waals surface area contributed by atoms with E-state index >= 15 is 0 Å². The molecule has 1 aromatic heterocycles. The van der Waals surface area contributed by atoms with E-state index < -0.39 is 0 Å². The predicted molar refractivity (Wildman–Crippen MR) is 93.4 cm³/mol. The average Bonchev–Trinajstić information content (AvgIpc) is 2.92. The van der Waals surface area contributed by atoms with Crippen molar-refractivity contribution in [2.45, 2.75) is 65.8 Å². The minimum atomic E-state index is 0.508. The van der Waals surface area contributed by atoms with E-state index in [1.54, 1.807) is 0 Å². The molecule has 0 aliphatic carbocycles. The van der Waals surface area contributed by atoms with Gasteiger partial charge in [0, 0.05) is 24.5 Å². The van der Waals surface area contributed by atoms with Crippen molar-refractivity contribution >= 4 is 16.5 Å². The summed E-state index contributed by atoms with van der Waals surface area (Å²) in [5.41, 5.74) is 1.87. The summed E-state index contributed by atoms with van der Waals surface area (Å²) in [5.74, 6) is 0.508. The second kappa shape index (κ2) is 7.10. The molecule has 0 saturated carbocycles. The highest BCUT2D eigenvalue weighted by Gasteiger charge is 2.32. The summed E-state index contributed by atoms with van der Waals surface area (Å²) in [6.07, 6.45) is 5.27. The molecule has 2 heterocycles. The molecule has 0 unspecified atom stereocenters. The van der Waals surface area contributed by atoms with Crippen molar-refractivity contribution in [3.8, 4) is 0 Å². The van der Waals surface area contributed by atoms with E-state index in [1.807, 2.05) is 18.4 Å². The quantitative estimate of drug-likeness (QED) is 0.844. The highest BCUT2D eigenvalue weighted by Crippen LogP contribution is 2.40. The van der Waals surface area contributed by atoms with Crippen molar-refractivity contribution in [1.29, 1.82) is 0 Å². The van der Waals surface area contributed by atoms with Gasteiger partial charge in [-0.1, -0.05) is 40.5 Å². The maximum atomic E-state index is 4.96. The lowest BCUT2D eigenvalue weighted by molar-refractivity contribution is 0.199. The third-order valence-electron chi connectivity index (χ3n) is 5.20. The Morgan fingerprint density at radius 3 is 2.33 bits per heavy atom. The van der Waals surface area contributed by atoms with Crippen molar-refractivity contribution in [2.75, 3.05) is 25.0 Å². The van der Waals surface area contributed by atoms with Crippen molar-refractivity contribution < 1.29 is 0 Å². The van der Waals surface area contributed by atoms with Gasteiger partial charge in [-0.25, -0.2) is 4.98 Å². The van der Waals surface area contributed by atoms with Gasteiger partial charge in [-0.15, -0.1) is 11.3 Å². The summed E-state index contributed by atoms with van der Waals surface area (Å²) >= 11 is 1.89. The molecule has 0 radical (unpaired) electrons. The van der Waals surface area contributed by atoms with Crippen LogP contribution in [0.1, 0.15) is 69.9 Å². The number of thiazole rings is 1. The van der Waals surface area contributed by atoms with Gasteiger partial charge in [-0.05, 0) is 31.2 Å². The van der Waals surface area contributed by atoms with Gasteiger partial charge in [0.2, 0.25) is 0 Å². The molecule has 3 nitrogen and oxygen atoms in total. The third kappa shape index (κ3) is 3.59. The van der Waals surface area contributed by atoms with Crippen LogP contribution >= 0.6 is 11.3 Å². The van der Waals surface area contributed by atoms with E-state index in [9.17, 15) is 0 Å². The maximum Gasteiger partial charge on any atom is 0.185 e. The molecule has 120 valence electrons. The fourth-order valence-electron chi connectivity index (χ4n) is 3.35. The Labute approximate surface area is 134 Å². The third-order valence-corrected chi connectivity index (χ3v) is 6.33. The first-order valence-corrected chi connectivity index (χ1v) is 9.26. The molecular weight excluding hydrogens is 278 g/mol. The number of hydrogen-bond acceptors (Lipinski definition) is 4. The van der Waals surface area contributed by atoms with Crippen LogP contribution in [0.15, 0.2) is 0 Å². The summed E-state index contributed by atoms with van der Waals surface area (Å²) in [6, 6.07) is 0. The van der Waals surface area contributed by atoms with Crippen molar-refractivity contribution in [3.05, 3.63) is 10.6 Å². The second-order valence-corrected chi connectivity index (χ2v) is 7.75. The van der Waals surface area contributed by atoms with E-state index in [4.69, 9.17) is 4.98 Å². The Morgan fingerprint density at radius 1 is 1.24 bits per heavy atom. The number of hydrogen-bond donors (Lipinski definition) is 1. The molecular formula is C17H31N3S. The summed E-state index contributed by atoms with van der Waals surface area (Å²) in [6.45, 7) is 12.5. The Balaban J connectivity index is 2.11. The monoisotopic (exact) mass is 309 g/mol. The molecule has 1 aliphatic heterocycles. The second-order valence-electron chi connectivity index (χ2n) is 6.68. The number of anilines is 1. The van der Waals surface area contributed by atoms with E-state index in [1.165, 1.54) is 54.5 Å². The van der Waals surface area contributed by atoms with Crippen LogP contribution in [0.4, 0.5) is 5.13 Å². The van der Waals surface area contributed by atoms with Gasteiger partial charge >= 0.3 is 0 Å². The van der Waals surface area contributed by atoms with Gasteiger partial charge in [0.1, 0.15) is 0 Å². The highest BCUT2D eigenvalue weighted by atomic mass is 32.1. The Bertz CT molecular complexity index is 439. The first-order valence-electron chi connectivity index (χ1n) is 8.44. The van der Waals surface area contributed by atoms with Crippen molar-refractivity contribution in [2.24, 2.45) is 5.41 Å². The minimum absolute atomic E-state index is 0.508. The summed E-state index contributed by atoms with van der Waals surface area (Å²) < 4.78 is 0. The average molecular weight is 310 g/mol. The standard InChI is InChI=1S/C17H31N3S/c1-6-17(7-2)8-10-20(11-9-17)16-19-15(13(3)4)14(21-16)12-18-5/h13,18H,6-12H2,1-5H3. The number of piperidine rings is 1. The molecule has 0 atom stereocenters. The highest BCUT2D eigenvalue weighted by molar-refractivity contribution is 7.15. The zero-order valence-electron chi connectivity index (χ0n) is 14.3. The van der Waals surface area contributed by atoms with Crippen LogP contribution in [0, 0.1) is 5.41 Å². The van der Waals surface area contributed by atoms with Crippen LogP contribution in [0.5, 0.6) is 0 Å². The van der Waals surface area contributed by atoms with Gasteiger partial charge in [-0.2, -0.15) is 0 Å². The molecule has 0 aromatic carbocycles. The zero-order chi connectivity index (χ0) is 15.5. The predicted octanol–water partition coefficient (Wildman–Crippen LogP) is 4.39. The lowest BCUT2D eigenvalue weighted by Gasteiger charge is -2.41. The van der Waals surface area contributed by atoms with E-state index in [-0.39, 0.29) is 0 Å². The van der Waals surface area contributed by atoms with Crippen LogP contribution < -0.4 is 10.2 Å². The molecule has 1 saturated heterocycles. The van der Waals surface area contributed by atoms with Crippen LogP contribution in [0.3, 0.4) is 0 Å². The van der Waals surface area contributed by atoms with E-state index in [0.29, 0.717) is 11.3 Å². The molecule has 0 spiro atoms. The molecule has 1 fully saturated rings. The number of nitrogens with zero attached hydrogens (tertiary/aromatic N) is 2. The van der Waals surface area contributed by atoms with Gasteiger partial charge in [-0.3, -0.25) is 0 Å². The van der Waals surface area contributed by atoms with E-state index in [2.05, 4.69) is 37.9 Å². The van der Waals surface area contributed by atoms with Crippen molar-refractivity contribution in [3.63, 3.8) is 0 Å². The lowest BCUT2D eigenvalue weighted by Crippen LogP contribution is -2.39. The van der Waals surface area contributed by atoms with Gasteiger partial charge in [0.25, 0.3) is 0 Å². The van der Waals surface area contributed by atoms with Crippen LogP contribution in [-0.2, 0) is 6.54 Å². The fraction of sp³-hybridized carbons (Fsp3) is 0.824. The Hall–Kier alpha value is -0.610. The van der Waals surface area contributed by atoms with Crippen LogP contribution in [0.25, 0.3) is 0 Å². The molecule has 0 bridgehead atoms. The first kappa shape index (κ1) is 16.8. The van der Waals surface area contributed by atoms with Crippen LogP contribution in [0.2, 0.25) is 0 Å². The number of rotatable bonds is 6. The molecule has 4 heteroatoms. The molecule has 1 aromatic rings. The number of aromatic nitrogens is 1. The van der Waals surface area contributed by atoms with Gasteiger partial charge < -0.3 is 10.2 Å². The van der Waals surface area contributed by atoms with E-state index in [0.717, 1.165) is 6.54 Å². The topological polar surface area (TPSA) is 28.2 Å². The Morgan fingerprint density at radius 2 is 1.86 bits per heavy atom. The fourth-order valence-corrected chi connectivity index (χ4v) is 4.63. The van der Waals surface area contributed by atoms with Gasteiger partial charge in [0.15, 0.2) is 5.13 Å². The summed E-state index contributed by atoms with van der Waals surface area (Å²) in [7, 11) is 2.02. The minimum Gasteiger partial charge on any atom is -0.348 e. The molecule has 1 N–H and O–H groups in total. The zero-order valence-corrected chi connectivity index (χ0v) is 15.1. The molecule has 2 rings (SSSR count). The first-order chi connectivity index (χ1) is 10.0. The normalized spacial score (nSPS) is 18.5. The Kier molecular flexibility index (Phi) is 5.67. The van der Waals surface area contributed by atoms with Crippen LogP contribution in [-0.4, -0.2) is 25.1 Å². The van der Waals surface area contributed by atoms with Crippen molar-refractivity contribution in [1.82, 2.24) is 10.3 Å². The van der Waals surface area contributed by atoms with Gasteiger partial charge in [0.05, 0.1) is 5.69 Å². The SMILES string of the molecule is CCC1(CC)CCN(c2nc(C(C)C)c(CNC)s2)CC1. The smallest absolute Gasteiger partial charge is 0.185 e. The molecule has 21 heavy (non-hydrogen) atoms. The summed E-state index contributed by atoms with van der Waals surface area (Å²) in [5, 5.41) is 4.52. The summed E-state index contributed by atoms with van der Waals surface area (Å²) in [4.78, 5) is 8.88. The maximum absolute atomic E-state index is 4.96. The molecule has 1 aliphatic rings. The lowest BCUT2D eigenvalue weighted by atomic mass is 9.74. The molecule has 0 amide bonds.